The molecule has 1 aromatic carbocycles. The number of H-pyrrole nitrogens is 1. The van der Waals surface area contributed by atoms with Crippen LogP contribution in [-0.2, 0) is 4.74 Å². The first-order valence-electron chi connectivity index (χ1n) is 6.26. The summed E-state index contributed by atoms with van der Waals surface area (Å²) >= 11 is 6.84. The number of nitrogens with one attached hydrogen (secondary N) is 1. The van der Waals surface area contributed by atoms with Crippen molar-refractivity contribution in [3.05, 3.63) is 27.3 Å². The Bertz CT molecular complexity index is 661. The van der Waals surface area contributed by atoms with Crippen molar-refractivity contribution in [3.8, 4) is 5.75 Å². The molecule has 0 aliphatic carbocycles. The zero-order valence-electron chi connectivity index (χ0n) is 10.7. The highest BCUT2D eigenvalue weighted by molar-refractivity contribution is 9.13. The molecule has 0 unspecified atom stereocenters. The van der Waals surface area contributed by atoms with Gasteiger partial charge in [0.25, 0.3) is 0 Å². The van der Waals surface area contributed by atoms with Crippen molar-refractivity contribution in [1.29, 1.82) is 0 Å². The van der Waals surface area contributed by atoms with Crippen LogP contribution in [-0.4, -0.2) is 51.5 Å². The van der Waals surface area contributed by atoms with E-state index >= 15 is 0 Å². The van der Waals surface area contributed by atoms with Crippen LogP contribution in [0.1, 0.15) is 0 Å². The van der Waals surface area contributed by atoms with Crippen molar-refractivity contribution in [2.75, 3.05) is 6.61 Å². The van der Waals surface area contributed by atoms with E-state index in [-0.39, 0.29) is 6.61 Å². The van der Waals surface area contributed by atoms with Gasteiger partial charge in [-0.1, -0.05) is 0 Å². The van der Waals surface area contributed by atoms with Crippen LogP contribution in [0.15, 0.2) is 27.3 Å². The Morgan fingerprint density at radius 2 is 1.90 bits per heavy atom. The molecule has 4 N–H and O–H groups in total. The van der Waals surface area contributed by atoms with Gasteiger partial charge in [-0.15, -0.1) is 0 Å². The van der Waals surface area contributed by atoms with Crippen molar-refractivity contribution in [2.45, 2.75) is 24.6 Å². The Morgan fingerprint density at radius 3 is 2.57 bits per heavy atom. The summed E-state index contributed by atoms with van der Waals surface area (Å²) in [6, 6.07) is 3.76. The molecule has 0 spiro atoms. The van der Waals surface area contributed by atoms with Crippen LogP contribution in [0.25, 0.3) is 10.9 Å². The zero-order valence-corrected chi connectivity index (χ0v) is 13.8. The average molecular weight is 423 g/mol. The molecule has 4 atom stereocenters. The van der Waals surface area contributed by atoms with Gasteiger partial charge >= 0.3 is 0 Å². The second-order valence-electron chi connectivity index (χ2n) is 4.79. The van der Waals surface area contributed by atoms with E-state index in [0.717, 1.165) is 19.8 Å². The number of hydrogen-bond acceptors (Lipinski definition) is 5. The zero-order chi connectivity index (χ0) is 15.1. The fourth-order valence-corrected chi connectivity index (χ4v) is 2.96. The van der Waals surface area contributed by atoms with Crippen LogP contribution in [0.5, 0.6) is 5.75 Å². The minimum Gasteiger partial charge on any atom is -0.460 e. The molecule has 0 bridgehead atoms. The highest BCUT2D eigenvalue weighted by Gasteiger charge is 2.44. The van der Waals surface area contributed by atoms with Crippen LogP contribution < -0.4 is 4.74 Å². The maximum atomic E-state index is 9.89. The molecule has 21 heavy (non-hydrogen) atoms. The molecule has 3 rings (SSSR count). The molecule has 1 aromatic heterocycles. The van der Waals surface area contributed by atoms with E-state index in [9.17, 15) is 10.2 Å². The first kappa shape index (κ1) is 15.3. The third kappa shape index (κ3) is 2.71. The van der Waals surface area contributed by atoms with Gasteiger partial charge in [0.2, 0.25) is 6.29 Å². The summed E-state index contributed by atoms with van der Waals surface area (Å²) < 4.78 is 12.7. The summed E-state index contributed by atoms with van der Waals surface area (Å²) in [5, 5.41) is 29.5. The van der Waals surface area contributed by atoms with E-state index in [0.29, 0.717) is 5.75 Å². The second kappa shape index (κ2) is 5.86. The van der Waals surface area contributed by atoms with Crippen LogP contribution in [0.2, 0.25) is 0 Å². The molecule has 0 radical (unpaired) electrons. The molecule has 114 valence electrons. The molecule has 1 aliphatic rings. The van der Waals surface area contributed by atoms with Crippen molar-refractivity contribution >= 4 is 42.8 Å². The molecule has 0 saturated carbocycles. The normalized spacial score (nSPS) is 29.2. The fraction of sp³-hybridized carbons (Fsp3) is 0.385. The molecule has 2 heterocycles. The summed E-state index contributed by atoms with van der Waals surface area (Å²) in [5.41, 5.74) is 0.854. The van der Waals surface area contributed by atoms with E-state index in [2.05, 4.69) is 36.8 Å². The average Bonchev–Trinajstić information content (AvgIpc) is 2.96. The smallest absolute Gasteiger partial charge is 0.229 e. The van der Waals surface area contributed by atoms with E-state index in [1.54, 1.807) is 6.20 Å². The summed E-state index contributed by atoms with van der Waals surface area (Å²) in [5.74, 6) is 0.494. The maximum Gasteiger partial charge on any atom is 0.229 e. The number of hydrogen-bond donors (Lipinski definition) is 4. The lowest BCUT2D eigenvalue weighted by Gasteiger charge is -2.16. The molecule has 1 saturated heterocycles. The number of halogens is 2. The number of aliphatic hydroxyl groups excluding tert-OH is 3. The molecule has 1 fully saturated rings. The maximum absolute atomic E-state index is 9.89. The predicted octanol–water partition coefficient (Wildman–Crippen LogP) is 1.51. The largest absolute Gasteiger partial charge is 0.460 e. The van der Waals surface area contributed by atoms with Gasteiger partial charge in [-0.05, 0) is 44.0 Å². The summed E-state index contributed by atoms with van der Waals surface area (Å²) in [7, 11) is 0. The topological polar surface area (TPSA) is 94.9 Å². The van der Waals surface area contributed by atoms with E-state index in [4.69, 9.17) is 14.6 Å². The minimum absolute atomic E-state index is 0.384. The van der Waals surface area contributed by atoms with Gasteiger partial charge in [0, 0.05) is 20.5 Å². The van der Waals surface area contributed by atoms with Gasteiger partial charge in [0.15, 0.2) is 0 Å². The quantitative estimate of drug-likeness (QED) is 0.601. The molecule has 1 aliphatic heterocycles. The number of aromatic nitrogens is 1. The first-order chi connectivity index (χ1) is 10.0. The van der Waals surface area contributed by atoms with Crippen molar-refractivity contribution in [1.82, 2.24) is 4.98 Å². The number of rotatable bonds is 3. The number of ether oxygens (including phenoxy) is 2. The van der Waals surface area contributed by atoms with Crippen LogP contribution in [0, 0.1) is 0 Å². The summed E-state index contributed by atoms with van der Waals surface area (Å²) in [4.78, 5) is 3.06. The molecule has 6 nitrogen and oxygen atoms in total. The monoisotopic (exact) mass is 421 g/mol. The Labute approximate surface area is 136 Å². The standard InChI is InChI=1S/C13H13Br2NO5/c14-6-1-5-8(2-7(6)15)16-3-9(5)20-13-12(19)11(18)10(4-17)21-13/h1-3,10-13,16-19H,4H2/t10-,11-,12-,13-/m1/s1. The van der Waals surface area contributed by atoms with Gasteiger partial charge in [-0.25, -0.2) is 0 Å². The van der Waals surface area contributed by atoms with E-state index < -0.39 is 24.6 Å². The SMILES string of the molecule is OC[C@H]1O[C@@H](Oc2c[nH]c3cc(Br)c(Br)cc23)[C@H](O)[C@@H]1O. The third-order valence-electron chi connectivity index (χ3n) is 3.43. The Morgan fingerprint density at radius 1 is 1.19 bits per heavy atom. The van der Waals surface area contributed by atoms with Gasteiger partial charge in [-0.3, -0.25) is 0 Å². The number of aromatic amines is 1. The molecule has 0 amide bonds. The van der Waals surface area contributed by atoms with Crippen LogP contribution >= 0.6 is 31.9 Å². The first-order valence-corrected chi connectivity index (χ1v) is 7.85. The molecular weight excluding hydrogens is 410 g/mol. The van der Waals surface area contributed by atoms with Crippen LogP contribution in [0.3, 0.4) is 0 Å². The Hall–Kier alpha value is -0.640. The van der Waals surface area contributed by atoms with Gasteiger partial charge in [-0.2, -0.15) is 0 Å². The van der Waals surface area contributed by atoms with E-state index in [1.807, 2.05) is 12.1 Å². The lowest BCUT2D eigenvalue weighted by atomic mass is 10.1. The van der Waals surface area contributed by atoms with Gasteiger partial charge < -0.3 is 29.8 Å². The Kier molecular flexibility index (Phi) is 4.26. The lowest BCUT2D eigenvalue weighted by Crippen LogP contribution is -2.35. The van der Waals surface area contributed by atoms with Crippen molar-refractivity contribution in [2.24, 2.45) is 0 Å². The van der Waals surface area contributed by atoms with Crippen molar-refractivity contribution in [3.63, 3.8) is 0 Å². The third-order valence-corrected chi connectivity index (χ3v) is 5.27. The number of benzene rings is 1. The predicted molar refractivity (Wildman–Crippen MR) is 82.1 cm³/mol. The summed E-state index contributed by atoms with van der Waals surface area (Å²) in [6.45, 7) is -0.384. The Balaban J connectivity index is 1.87. The minimum atomic E-state index is -1.22. The molecule has 2 aromatic rings. The number of aliphatic hydroxyl groups is 3. The molecular formula is C13H13Br2NO5. The van der Waals surface area contributed by atoms with Gasteiger partial charge in [0.1, 0.15) is 24.1 Å². The molecule has 8 heteroatoms. The van der Waals surface area contributed by atoms with Gasteiger partial charge in [0.05, 0.1) is 12.1 Å². The summed E-state index contributed by atoms with van der Waals surface area (Å²) in [6.07, 6.45) is -2.62. The second-order valence-corrected chi connectivity index (χ2v) is 6.50. The van der Waals surface area contributed by atoms with E-state index in [1.165, 1.54) is 0 Å². The fourth-order valence-electron chi connectivity index (χ4n) is 2.28. The van der Waals surface area contributed by atoms with Crippen molar-refractivity contribution < 1.29 is 24.8 Å². The lowest BCUT2D eigenvalue weighted by molar-refractivity contribution is -0.115. The number of fused-ring (bicyclic) bond motifs is 1. The van der Waals surface area contributed by atoms with Crippen LogP contribution in [0.4, 0.5) is 0 Å². The highest BCUT2D eigenvalue weighted by atomic mass is 79.9. The highest BCUT2D eigenvalue weighted by Crippen LogP contribution is 2.35.